The molecule has 0 saturated heterocycles. The van der Waals surface area contributed by atoms with E-state index in [9.17, 15) is 15.4 Å². The van der Waals surface area contributed by atoms with Gasteiger partial charge in [-0.05, 0) is 91.0 Å². The number of rotatable bonds is 6. The van der Waals surface area contributed by atoms with Crippen molar-refractivity contribution in [3.8, 4) is 17.9 Å². The average Bonchev–Trinajstić information content (AvgIpc) is 2.77. The first-order valence-corrected chi connectivity index (χ1v) is 10.5. The molecule has 0 N–H and O–H groups in total. The van der Waals surface area contributed by atoms with Gasteiger partial charge in [-0.25, -0.2) is 0 Å². The Hall–Kier alpha value is -3.46. The van der Waals surface area contributed by atoms with Crippen molar-refractivity contribution in [1.29, 1.82) is 10.5 Å². The van der Waals surface area contributed by atoms with Gasteiger partial charge in [0.05, 0.1) is 37.1 Å². The lowest BCUT2D eigenvalue weighted by Crippen LogP contribution is -1.98. The van der Waals surface area contributed by atoms with Crippen LogP contribution in [-0.4, -0.2) is 4.92 Å². The molecule has 152 valence electrons. The summed E-state index contributed by atoms with van der Waals surface area (Å²) < 4.78 is 7.23. The molecule has 3 aromatic carbocycles. The standard InChI is InChI=1S/C23H13Br2N3O3/c24-21-10-17(9-19(13-27)18-3-1-2-16(8-18)12-26)11-22(25)23(21)31-14-15-4-6-20(7-5-15)28(29)30/h1-11H,14H2. The summed E-state index contributed by atoms with van der Waals surface area (Å²) in [4.78, 5) is 10.3. The smallest absolute Gasteiger partial charge is 0.269 e. The summed E-state index contributed by atoms with van der Waals surface area (Å²) >= 11 is 6.99. The van der Waals surface area contributed by atoms with Gasteiger partial charge in [0.15, 0.2) is 0 Å². The lowest BCUT2D eigenvalue weighted by atomic mass is 10.0. The van der Waals surface area contributed by atoms with E-state index in [4.69, 9.17) is 10.00 Å². The van der Waals surface area contributed by atoms with Gasteiger partial charge in [-0.3, -0.25) is 10.1 Å². The van der Waals surface area contributed by atoms with E-state index >= 15 is 0 Å². The Labute approximate surface area is 195 Å². The number of nitro benzene ring substituents is 1. The first kappa shape index (κ1) is 22.2. The number of ether oxygens (including phenoxy) is 1. The van der Waals surface area contributed by atoms with Crippen molar-refractivity contribution in [3.05, 3.63) is 102 Å². The third-order valence-corrected chi connectivity index (χ3v) is 5.46. The van der Waals surface area contributed by atoms with Crippen LogP contribution in [0.4, 0.5) is 5.69 Å². The summed E-state index contributed by atoms with van der Waals surface area (Å²) in [6.07, 6.45) is 1.73. The number of nitrogens with zero attached hydrogens (tertiary/aromatic N) is 3. The summed E-state index contributed by atoms with van der Waals surface area (Å²) in [5, 5.41) is 29.4. The van der Waals surface area contributed by atoms with Crippen LogP contribution in [-0.2, 0) is 6.61 Å². The number of nitro groups is 1. The molecule has 0 saturated carbocycles. The van der Waals surface area contributed by atoms with Gasteiger partial charge < -0.3 is 4.74 Å². The van der Waals surface area contributed by atoms with Crippen molar-refractivity contribution >= 4 is 49.2 Å². The summed E-state index contributed by atoms with van der Waals surface area (Å²) in [6, 6.07) is 20.9. The Bertz CT molecular complexity index is 1230. The summed E-state index contributed by atoms with van der Waals surface area (Å²) in [5.74, 6) is 0.570. The molecule has 3 aromatic rings. The van der Waals surface area contributed by atoms with Gasteiger partial charge in [-0.1, -0.05) is 12.1 Å². The highest BCUT2D eigenvalue weighted by Gasteiger charge is 2.11. The van der Waals surface area contributed by atoms with E-state index < -0.39 is 4.92 Å². The predicted molar refractivity (Wildman–Crippen MR) is 124 cm³/mol. The fraction of sp³-hybridized carbons (Fsp3) is 0.0435. The minimum absolute atomic E-state index is 0.0239. The quantitative estimate of drug-likeness (QED) is 0.152. The molecule has 0 fully saturated rings. The van der Waals surface area contributed by atoms with Crippen LogP contribution in [0.15, 0.2) is 69.6 Å². The predicted octanol–water partition coefficient (Wildman–Crippen LogP) is 6.63. The Morgan fingerprint density at radius 1 is 1.06 bits per heavy atom. The van der Waals surface area contributed by atoms with Crippen molar-refractivity contribution in [2.45, 2.75) is 6.61 Å². The molecule has 0 unspecified atom stereocenters. The molecule has 8 heteroatoms. The first-order chi connectivity index (χ1) is 14.9. The minimum atomic E-state index is -0.448. The van der Waals surface area contributed by atoms with Crippen LogP contribution in [0.2, 0.25) is 0 Å². The zero-order valence-corrected chi connectivity index (χ0v) is 19.1. The normalized spacial score (nSPS) is 10.8. The van der Waals surface area contributed by atoms with Gasteiger partial charge in [0.1, 0.15) is 12.4 Å². The van der Waals surface area contributed by atoms with Crippen LogP contribution in [0.1, 0.15) is 22.3 Å². The molecule has 0 aromatic heterocycles. The van der Waals surface area contributed by atoms with Crippen LogP contribution < -0.4 is 4.74 Å². The number of non-ortho nitro benzene ring substituents is 1. The van der Waals surface area contributed by atoms with Crippen LogP contribution in [0.3, 0.4) is 0 Å². The number of hydrogen-bond acceptors (Lipinski definition) is 5. The Morgan fingerprint density at radius 2 is 1.74 bits per heavy atom. The Morgan fingerprint density at radius 3 is 2.32 bits per heavy atom. The second-order valence-electron chi connectivity index (χ2n) is 6.39. The van der Waals surface area contributed by atoms with Crippen LogP contribution >= 0.6 is 31.9 Å². The van der Waals surface area contributed by atoms with E-state index in [2.05, 4.69) is 44.0 Å². The zero-order chi connectivity index (χ0) is 22.4. The van der Waals surface area contributed by atoms with E-state index in [-0.39, 0.29) is 12.3 Å². The van der Waals surface area contributed by atoms with E-state index in [1.54, 1.807) is 42.5 Å². The maximum Gasteiger partial charge on any atom is 0.269 e. The van der Waals surface area contributed by atoms with Crippen LogP contribution in [0, 0.1) is 32.8 Å². The van der Waals surface area contributed by atoms with Crippen molar-refractivity contribution in [3.63, 3.8) is 0 Å². The highest BCUT2D eigenvalue weighted by Crippen LogP contribution is 2.36. The third-order valence-electron chi connectivity index (χ3n) is 4.29. The van der Waals surface area contributed by atoms with Crippen molar-refractivity contribution < 1.29 is 9.66 Å². The molecule has 0 spiro atoms. The second kappa shape index (κ2) is 10.0. The van der Waals surface area contributed by atoms with Crippen molar-refractivity contribution in [2.24, 2.45) is 0 Å². The maximum atomic E-state index is 10.8. The number of hydrogen-bond donors (Lipinski definition) is 0. The fourth-order valence-electron chi connectivity index (χ4n) is 2.77. The summed E-state index contributed by atoms with van der Waals surface area (Å²) in [7, 11) is 0. The average molecular weight is 539 g/mol. The van der Waals surface area contributed by atoms with E-state index in [1.807, 2.05) is 12.1 Å². The first-order valence-electron chi connectivity index (χ1n) is 8.89. The zero-order valence-electron chi connectivity index (χ0n) is 15.9. The molecule has 0 atom stereocenters. The highest BCUT2D eigenvalue weighted by molar-refractivity contribution is 9.11. The van der Waals surface area contributed by atoms with Gasteiger partial charge in [-0.2, -0.15) is 10.5 Å². The summed E-state index contributed by atoms with van der Waals surface area (Å²) in [6.45, 7) is 0.231. The van der Waals surface area contributed by atoms with Gasteiger partial charge >= 0.3 is 0 Å². The molecule has 0 aliphatic carbocycles. The molecule has 0 aliphatic rings. The Kier molecular flexibility index (Phi) is 7.19. The lowest BCUT2D eigenvalue weighted by Gasteiger charge is -2.12. The van der Waals surface area contributed by atoms with Crippen molar-refractivity contribution in [2.75, 3.05) is 0 Å². The Balaban J connectivity index is 1.82. The van der Waals surface area contributed by atoms with Gasteiger partial charge in [0.2, 0.25) is 0 Å². The number of nitriles is 2. The van der Waals surface area contributed by atoms with Crippen molar-refractivity contribution in [1.82, 2.24) is 0 Å². The third kappa shape index (κ3) is 5.58. The second-order valence-corrected chi connectivity index (χ2v) is 8.10. The van der Waals surface area contributed by atoms with E-state index in [1.165, 1.54) is 12.1 Å². The van der Waals surface area contributed by atoms with E-state index in [0.717, 1.165) is 11.1 Å². The monoisotopic (exact) mass is 537 g/mol. The molecular weight excluding hydrogens is 526 g/mol. The topological polar surface area (TPSA) is 99.9 Å². The maximum absolute atomic E-state index is 10.8. The van der Waals surface area contributed by atoms with Gasteiger partial charge in [0, 0.05) is 12.1 Å². The molecule has 0 aliphatic heterocycles. The highest BCUT2D eigenvalue weighted by atomic mass is 79.9. The minimum Gasteiger partial charge on any atom is -0.487 e. The van der Waals surface area contributed by atoms with Gasteiger partial charge in [0.25, 0.3) is 5.69 Å². The molecule has 0 radical (unpaired) electrons. The molecular formula is C23H13Br2N3O3. The molecule has 6 nitrogen and oxygen atoms in total. The lowest BCUT2D eigenvalue weighted by molar-refractivity contribution is -0.384. The molecule has 0 bridgehead atoms. The number of allylic oxidation sites excluding steroid dienone is 1. The van der Waals surface area contributed by atoms with Crippen LogP contribution in [0.25, 0.3) is 11.6 Å². The largest absolute Gasteiger partial charge is 0.487 e. The van der Waals surface area contributed by atoms with Gasteiger partial charge in [-0.15, -0.1) is 0 Å². The number of halogens is 2. The summed E-state index contributed by atoms with van der Waals surface area (Å²) in [5.41, 5.74) is 3.15. The molecule has 31 heavy (non-hydrogen) atoms. The molecule has 0 heterocycles. The van der Waals surface area contributed by atoms with E-state index in [0.29, 0.717) is 31.4 Å². The molecule has 3 rings (SSSR count). The molecule has 0 amide bonds. The SMILES string of the molecule is N#CC(=Cc1cc(Br)c(OCc2ccc([N+](=O)[O-])cc2)c(Br)c1)c1cccc(C#N)c1. The number of benzene rings is 3. The van der Waals surface area contributed by atoms with Crippen LogP contribution in [0.5, 0.6) is 5.75 Å². The fourth-order valence-corrected chi connectivity index (χ4v) is 4.22.